The maximum absolute atomic E-state index is 12.1. The molecule has 1 heterocycles. The van der Waals surface area contributed by atoms with E-state index < -0.39 is 5.91 Å². The van der Waals surface area contributed by atoms with Crippen molar-refractivity contribution in [3.05, 3.63) is 59.7 Å². The largest absolute Gasteiger partial charge is 0.507 e. The number of hydrogen-bond acceptors (Lipinski definition) is 4. The van der Waals surface area contributed by atoms with Gasteiger partial charge in [0, 0.05) is 18.8 Å². The second kappa shape index (κ2) is 8.68. The lowest BCUT2D eigenvalue weighted by molar-refractivity contribution is 0.0952. The van der Waals surface area contributed by atoms with Gasteiger partial charge in [0.15, 0.2) is 0 Å². The number of rotatable bonds is 4. The number of hydrazone groups is 1. The van der Waals surface area contributed by atoms with Gasteiger partial charge in [-0.2, -0.15) is 5.10 Å². The molecule has 2 fully saturated rings. The van der Waals surface area contributed by atoms with Crippen molar-refractivity contribution in [2.75, 3.05) is 18.0 Å². The summed E-state index contributed by atoms with van der Waals surface area (Å²) in [6.45, 7) is 2.29. The number of nitrogens with zero attached hydrogens (tertiary/aromatic N) is 2. The van der Waals surface area contributed by atoms with Crippen LogP contribution in [0.1, 0.15) is 60.9 Å². The minimum Gasteiger partial charge on any atom is -0.507 e. The molecule has 2 aliphatic rings. The summed E-state index contributed by atoms with van der Waals surface area (Å²) in [5.41, 5.74) is 5.46. The van der Waals surface area contributed by atoms with E-state index in [9.17, 15) is 9.90 Å². The summed E-state index contributed by atoms with van der Waals surface area (Å²) in [4.78, 5) is 14.5. The van der Waals surface area contributed by atoms with Crippen molar-refractivity contribution in [1.29, 1.82) is 0 Å². The van der Waals surface area contributed by atoms with E-state index in [1.807, 2.05) is 12.1 Å². The van der Waals surface area contributed by atoms with Crippen molar-refractivity contribution in [1.82, 2.24) is 5.43 Å². The Labute approximate surface area is 172 Å². The normalized spacial score (nSPS) is 18.8. The molecule has 1 saturated carbocycles. The fraction of sp³-hybridized carbons (Fsp3) is 0.417. The molecule has 152 valence electrons. The number of aromatic hydroxyl groups is 1. The summed E-state index contributed by atoms with van der Waals surface area (Å²) in [5, 5.41) is 13.7. The summed E-state index contributed by atoms with van der Waals surface area (Å²) < 4.78 is 0. The lowest BCUT2D eigenvalue weighted by Crippen LogP contribution is -2.41. The predicted molar refractivity (Wildman–Crippen MR) is 117 cm³/mol. The molecule has 1 aliphatic heterocycles. The Morgan fingerprint density at radius 1 is 0.966 bits per heavy atom. The van der Waals surface area contributed by atoms with Crippen LogP contribution in [0.3, 0.4) is 0 Å². The minimum atomic E-state index is -0.430. The van der Waals surface area contributed by atoms with E-state index in [1.54, 1.807) is 24.4 Å². The Bertz CT molecular complexity index is 860. The van der Waals surface area contributed by atoms with Crippen LogP contribution in [-0.4, -0.2) is 30.3 Å². The third kappa shape index (κ3) is 4.61. The molecule has 2 N–H and O–H groups in total. The number of carbonyl (C=O) groups is 1. The molecular weight excluding hydrogens is 362 g/mol. The van der Waals surface area contributed by atoms with Gasteiger partial charge >= 0.3 is 0 Å². The summed E-state index contributed by atoms with van der Waals surface area (Å²) in [7, 11) is 0. The van der Waals surface area contributed by atoms with Crippen LogP contribution in [0, 0.1) is 5.41 Å². The maximum Gasteiger partial charge on any atom is 0.275 e. The molecule has 0 bridgehead atoms. The third-order valence-corrected chi connectivity index (χ3v) is 6.52. The Morgan fingerprint density at radius 3 is 2.34 bits per heavy atom. The number of benzene rings is 2. The van der Waals surface area contributed by atoms with Crippen molar-refractivity contribution in [2.45, 2.75) is 44.9 Å². The van der Waals surface area contributed by atoms with Crippen LogP contribution in [0.5, 0.6) is 5.75 Å². The smallest absolute Gasteiger partial charge is 0.275 e. The van der Waals surface area contributed by atoms with Gasteiger partial charge < -0.3 is 10.0 Å². The van der Waals surface area contributed by atoms with Gasteiger partial charge in [-0.25, -0.2) is 5.43 Å². The SMILES string of the molecule is O=C(NN=Cc1ccc(N2CCC3(CCCCC3)CC2)cc1)c1ccccc1O. The number of piperidine rings is 1. The standard InChI is InChI=1S/C24H29N3O2/c28-22-7-3-2-6-21(22)23(29)26-25-18-19-8-10-20(11-9-19)27-16-14-24(15-17-27)12-4-1-5-13-24/h2-3,6-11,18,28H,1,4-5,12-17H2,(H,26,29). The molecule has 1 spiro atoms. The Balaban J connectivity index is 1.31. The highest BCUT2D eigenvalue weighted by Crippen LogP contribution is 2.45. The molecule has 4 rings (SSSR count). The van der Waals surface area contributed by atoms with Crippen molar-refractivity contribution < 1.29 is 9.90 Å². The lowest BCUT2D eigenvalue weighted by atomic mass is 9.68. The first kappa shape index (κ1) is 19.5. The third-order valence-electron chi connectivity index (χ3n) is 6.52. The number of amides is 1. The second-order valence-corrected chi connectivity index (χ2v) is 8.36. The van der Waals surface area contributed by atoms with Crippen molar-refractivity contribution >= 4 is 17.8 Å². The summed E-state index contributed by atoms with van der Waals surface area (Å²) in [6, 6.07) is 14.7. The van der Waals surface area contributed by atoms with Crippen LogP contribution in [-0.2, 0) is 0 Å². The quantitative estimate of drug-likeness (QED) is 0.586. The highest BCUT2D eigenvalue weighted by molar-refractivity contribution is 5.97. The van der Waals surface area contributed by atoms with Gasteiger partial charge in [0.05, 0.1) is 11.8 Å². The van der Waals surface area contributed by atoms with E-state index in [-0.39, 0.29) is 11.3 Å². The van der Waals surface area contributed by atoms with E-state index in [0.717, 1.165) is 18.7 Å². The van der Waals surface area contributed by atoms with Crippen molar-refractivity contribution in [3.8, 4) is 5.75 Å². The van der Waals surface area contributed by atoms with Gasteiger partial charge in [-0.3, -0.25) is 4.79 Å². The Hall–Kier alpha value is -2.82. The van der Waals surface area contributed by atoms with E-state index in [2.05, 4.69) is 27.6 Å². The summed E-state index contributed by atoms with van der Waals surface area (Å²) in [6.07, 6.45) is 11.3. The van der Waals surface area contributed by atoms with Gasteiger partial charge in [-0.05, 0) is 60.9 Å². The molecule has 0 unspecified atom stereocenters. The van der Waals surface area contributed by atoms with Crippen LogP contribution in [0.4, 0.5) is 5.69 Å². The van der Waals surface area contributed by atoms with Gasteiger partial charge in [0.25, 0.3) is 5.91 Å². The molecule has 0 radical (unpaired) electrons. The van der Waals surface area contributed by atoms with Crippen LogP contribution in [0.15, 0.2) is 53.6 Å². The molecule has 0 atom stereocenters. The summed E-state index contributed by atoms with van der Waals surface area (Å²) in [5.74, 6) is -0.484. The Morgan fingerprint density at radius 2 is 1.66 bits per heavy atom. The van der Waals surface area contributed by atoms with Gasteiger partial charge in [-0.1, -0.05) is 43.5 Å². The molecular formula is C24H29N3O2. The van der Waals surface area contributed by atoms with Crippen molar-refractivity contribution in [3.63, 3.8) is 0 Å². The Kier molecular flexibility index (Phi) is 5.84. The first-order valence-electron chi connectivity index (χ1n) is 10.6. The van der Waals surface area contributed by atoms with E-state index in [1.165, 1.54) is 56.7 Å². The van der Waals surface area contributed by atoms with Gasteiger partial charge in [0.1, 0.15) is 5.75 Å². The number of hydrogen-bond donors (Lipinski definition) is 2. The first-order valence-corrected chi connectivity index (χ1v) is 10.6. The zero-order valence-corrected chi connectivity index (χ0v) is 16.8. The average molecular weight is 392 g/mol. The molecule has 0 aromatic heterocycles. The average Bonchev–Trinajstić information content (AvgIpc) is 2.76. The molecule has 1 saturated heterocycles. The van der Waals surface area contributed by atoms with Crippen LogP contribution < -0.4 is 10.3 Å². The monoisotopic (exact) mass is 391 g/mol. The molecule has 1 aliphatic carbocycles. The van der Waals surface area contributed by atoms with Gasteiger partial charge in [0.2, 0.25) is 0 Å². The predicted octanol–water partition coefficient (Wildman–Crippen LogP) is 4.71. The number of phenolic OH excluding ortho intramolecular Hbond substituents is 1. The molecule has 5 nitrogen and oxygen atoms in total. The van der Waals surface area contributed by atoms with Crippen LogP contribution in [0.25, 0.3) is 0 Å². The summed E-state index contributed by atoms with van der Waals surface area (Å²) >= 11 is 0. The highest BCUT2D eigenvalue weighted by Gasteiger charge is 2.35. The topological polar surface area (TPSA) is 64.9 Å². The lowest BCUT2D eigenvalue weighted by Gasteiger charge is -2.45. The second-order valence-electron chi connectivity index (χ2n) is 8.36. The fourth-order valence-electron chi connectivity index (χ4n) is 4.70. The maximum atomic E-state index is 12.1. The van der Waals surface area contributed by atoms with Gasteiger partial charge in [-0.15, -0.1) is 0 Å². The minimum absolute atomic E-state index is 0.0545. The molecule has 2 aromatic rings. The van der Waals surface area contributed by atoms with E-state index >= 15 is 0 Å². The fourth-order valence-corrected chi connectivity index (χ4v) is 4.70. The number of phenols is 1. The number of nitrogens with one attached hydrogen (secondary N) is 1. The first-order chi connectivity index (χ1) is 14.2. The highest BCUT2D eigenvalue weighted by atomic mass is 16.3. The van der Waals surface area contributed by atoms with E-state index in [0.29, 0.717) is 5.41 Å². The zero-order chi connectivity index (χ0) is 20.1. The molecule has 29 heavy (non-hydrogen) atoms. The molecule has 2 aromatic carbocycles. The number of anilines is 1. The number of carbonyl (C=O) groups excluding carboxylic acids is 1. The number of para-hydroxylation sites is 1. The molecule has 1 amide bonds. The molecule has 5 heteroatoms. The van der Waals surface area contributed by atoms with E-state index in [4.69, 9.17) is 0 Å². The van der Waals surface area contributed by atoms with Crippen molar-refractivity contribution in [2.24, 2.45) is 10.5 Å². The zero-order valence-electron chi connectivity index (χ0n) is 16.8. The van der Waals surface area contributed by atoms with Crippen LogP contribution >= 0.6 is 0 Å². The van der Waals surface area contributed by atoms with Crippen LogP contribution in [0.2, 0.25) is 0 Å².